The van der Waals surface area contributed by atoms with Crippen molar-refractivity contribution in [2.75, 3.05) is 32.2 Å². The highest BCUT2D eigenvalue weighted by molar-refractivity contribution is 5.92. The van der Waals surface area contributed by atoms with Crippen molar-refractivity contribution in [1.82, 2.24) is 15.3 Å². The summed E-state index contributed by atoms with van der Waals surface area (Å²) in [5.74, 6) is 2.70. The van der Waals surface area contributed by atoms with E-state index in [2.05, 4.69) is 20.2 Å². The van der Waals surface area contributed by atoms with Crippen molar-refractivity contribution < 1.29 is 14.3 Å². The van der Waals surface area contributed by atoms with Gasteiger partial charge in [0.15, 0.2) is 11.5 Å². The molecule has 126 valence electrons. The van der Waals surface area contributed by atoms with E-state index in [0.29, 0.717) is 29.9 Å². The maximum atomic E-state index is 11.6. The Balaban J connectivity index is 1.72. The second-order valence-corrected chi connectivity index (χ2v) is 6.29. The number of hydrogen-bond acceptors (Lipinski definition) is 6. The van der Waals surface area contributed by atoms with Gasteiger partial charge in [0.05, 0.1) is 19.7 Å². The molecule has 2 aromatic rings. The molecule has 3 heterocycles. The molecule has 4 rings (SSSR count). The van der Waals surface area contributed by atoms with Crippen LogP contribution in [-0.2, 0) is 4.79 Å². The minimum absolute atomic E-state index is 0.158. The lowest BCUT2D eigenvalue weighted by Gasteiger charge is -2.35. The summed E-state index contributed by atoms with van der Waals surface area (Å²) in [5.41, 5.74) is 0.820. The quantitative estimate of drug-likeness (QED) is 0.917. The highest BCUT2D eigenvalue weighted by Gasteiger charge is 2.37. The normalized spacial score (nSPS) is 23.1. The molecule has 0 spiro atoms. The largest absolute Gasteiger partial charge is 0.493 e. The monoisotopic (exact) mass is 328 g/mol. The zero-order valence-corrected chi connectivity index (χ0v) is 13.8. The van der Waals surface area contributed by atoms with Crippen molar-refractivity contribution in [3.63, 3.8) is 0 Å². The molecule has 0 aliphatic carbocycles. The second kappa shape index (κ2) is 5.81. The molecule has 2 atom stereocenters. The summed E-state index contributed by atoms with van der Waals surface area (Å²) in [7, 11) is 3.23. The van der Waals surface area contributed by atoms with Crippen LogP contribution in [-0.4, -0.2) is 49.2 Å². The van der Waals surface area contributed by atoms with Crippen LogP contribution in [0.2, 0.25) is 0 Å². The fourth-order valence-corrected chi connectivity index (χ4v) is 3.75. The minimum Gasteiger partial charge on any atom is -0.493 e. The van der Waals surface area contributed by atoms with Crippen LogP contribution in [0.25, 0.3) is 10.9 Å². The van der Waals surface area contributed by atoms with Gasteiger partial charge in [-0.15, -0.1) is 0 Å². The summed E-state index contributed by atoms with van der Waals surface area (Å²) in [4.78, 5) is 22.7. The lowest BCUT2D eigenvalue weighted by atomic mass is 9.93. The first-order valence-electron chi connectivity index (χ1n) is 8.10. The van der Waals surface area contributed by atoms with Crippen LogP contribution in [0.15, 0.2) is 18.5 Å². The Morgan fingerprint density at radius 1 is 1.21 bits per heavy atom. The summed E-state index contributed by atoms with van der Waals surface area (Å²) in [6.07, 6.45) is 3.12. The smallest absolute Gasteiger partial charge is 0.220 e. The Bertz CT molecular complexity index is 795. The van der Waals surface area contributed by atoms with Crippen LogP contribution in [0, 0.1) is 5.92 Å². The first kappa shape index (κ1) is 15.0. The highest BCUT2D eigenvalue weighted by Crippen LogP contribution is 2.36. The summed E-state index contributed by atoms with van der Waals surface area (Å²) < 4.78 is 10.8. The fourth-order valence-electron chi connectivity index (χ4n) is 3.75. The summed E-state index contributed by atoms with van der Waals surface area (Å²) >= 11 is 0. The molecule has 7 heteroatoms. The molecule has 2 fully saturated rings. The molecule has 2 aliphatic heterocycles. The van der Waals surface area contributed by atoms with Crippen LogP contribution < -0.4 is 19.7 Å². The maximum Gasteiger partial charge on any atom is 0.220 e. The van der Waals surface area contributed by atoms with Gasteiger partial charge in [0.1, 0.15) is 12.1 Å². The maximum absolute atomic E-state index is 11.6. The third kappa shape index (κ3) is 2.40. The molecule has 24 heavy (non-hydrogen) atoms. The van der Waals surface area contributed by atoms with Gasteiger partial charge in [0.2, 0.25) is 5.91 Å². The number of carbonyl (C=O) groups excluding carboxylic acids is 1. The molecule has 7 nitrogen and oxygen atoms in total. The number of nitrogens with zero attached hydrogens (tertiary/aromatic N) is 3. The molecule has 1 aromatic heterocycles. The van der Waals surface area contributed by atoms with Gasteiger partial charge in [-0.3, -0.25) is 4.79 Å². The number of aromatic nitrogens is 2. The summed E-state index contributed by atoms with van der Waals surface area (Å²) in [6.45, 7) is 1.69. The standard InChI is InChI=1S/C17H20N4O3/c1-23-14-6-11-13(7-15(14)24-2)18-9-19-17(11)21-4-3-12-10(8-21)5-16(22)20-12/h6-7,9-10,12H,3-5,8H2,1-2H3,(H,20,22)/t10-,12+/m1/s1. The number of benzene rings is 1. The summed E-state index contributed by atoms with van der Waals surface area (Å²) in [6, 6.07) is 4.09. The first-order valence-corrected chi connectivity index (χ1v) is 8.10. The molecule has 0 bridgehead atoms. The molecule has 0 saturated carbocycles. The van der Waals surface area contributed by atoms with Crippen molar-refractivity contribution in [2.24, 2.45) is 5.92 Å². The molecule has 2 aliphatic rings. The Morgan fingerprint density at radius 2 is 2.00 bits per heavy atom. The number of rotatable bonds is 3. The van der Waals surface area contributed by atoms with Crippen molar-refractivity contribution in [3.8, 4) is 11.5 Å². The molecule has 1 aromatic carbocycles. The number of hydrogen-bond donors (Lipinski definition) is 1. The molecular weight excluding hydrogens is 308 g/mol. The van der Waals surface area contributed by atoms with Crippen LogP contribution >= 0.6 is 0 Å². The van der Waals surface area contributed by atoms with E-state index >= 15 is 0 Å². The van der Waals surface area contributed by atoms with Crippen molar-refractivity contribution in [3.05, 3.63) is 18.5 Å². The predicted octanol–water partition coefficient (Wildman–Crippen LogP) is 1.36. The van der Waals surface area contributed by atoms with E-state index in [9.17, 15) is 4.79 Å². The number of anilines is 1. The van der Waals surface area contributed by atoms with Crippen LogP contribution in [0.5, 0.6) is 11.5 Å². The van der Waals surface area contributed by atoms with Crippen LogP contribution in [0.1, 0.15) is 12.8 Å². The van der Waals surface area contributed by atoms with Gasteiger partial charge < -0.3 is 19.7 Å². The molecule has 0 radical (unpaired) electrons. The van der Waals surface area contributed by atoms with E-state index in [1.807, 2.05) is 12.1 Å². The number of ether oxygens (including phenoxy) is 2. The van der Waals surface area contributed by atoms with E-state index in [0.717, 1.165) is 36.2 Å². The van der Waals surface area contributed by atoms with E-state index in [1.54, 1.807) is 20.5 Å². The minimum atomic E-state index is 0.158. The lowest BCUT2D eigenvalue weighted by molar-refractivity contribution is -0.119. The average molecular weight is 328 g/mol. The SMILES string of the molecule is COc1cc2ncnc(N3CC[C@@H]4NC(=O)C[C@@H]4C3)c2cc1OC. The van der Waals surface area contributed by atoms with Crippen molar-refractivity contribution in [2.45, 2.75) is 18.9 Å². The van der Waals surface area contributed by atoms with E-state index in [1.165, 1.54) is 0 Å². The van der Waals surface area contributed by atoms with Gasteiger partial charge in [-0.25, -0.2) is 9.97 Å². The van der Waals surface area contributed by atoms with Crippen LogP contribution in [0.3, 0.4) is 0 Å². The number of methoxy groups -OCH3 is 2. The highest BCUT2D eigenvalue weighted by atomic mass is 16.5. The molecule has 1 amide bonds. The fraction of sp³-hybridized carbons (Fsp3) is 0.471. The van der Waals surface area contributed by atoms with Gasteiger partial charge in [-0.05, 0) is 12.5 Å². The molecule has 0 unspecified atom stereocenters. The van der Waals surface area contributed by atoms with E-state index in [-0.39, 0.29) is 5.91 Å². The lowest BCUT2D eigenvalue weighted by Crippen LogP contribution is -2.45. The molecule has 2 saturated heterocycles. The zero-order chi connectivity index (χ0) is 16.7. The Kier molecular flexibility index (Phi) is 3.63. The second-order valence-electron chi connectivity index (χ2n) is 6.29. The Morgan fingerprint density at radius 3 is 2.79 bits per heavy atom. The van der Waals surface area contributed by atoms with Crippen molar-refractivity contribution >= 4 is 22.6 Å². The average Bonchev–Trinajstić information content (AvgIpc) is 2.98. The number of fused-ring (bicyclic) bond motifs is 2. The molecule has 1 N–H and O–H groups in total. The molecular formula is C17H20N4O3. The zero-order valence-electron chi connectivity index (χ0n) is 13.8. The van der Waals surface area contributed by atoms with Crippen molar-refractivity contribution in [1.29, 1.82) is 0 Å². The third-order valence-electron chi connectivity index (χ3n) is 4.95. The topological polar surface area (TPSA) is 76.6 Å². The number of piperidine rings is 1. The van der Waals surface area contributed by atoms with Crippen LogP contribution in [0.4, 0.5) is 5.82 Å². The predicted molar refractivity (Wildman–Crippen MR) is 89.5 cm³/mol. The van der Waals surface area contributed by atoms with E-state index < -0.39 is 0 Å². The number of amides is 1. The number of carbonyl (C=O) groups is 1. The third-order valence-corrected chi connectivity index (χ3v) is 4.95. The Hall–Kier alpha value is -2.57. The van der Waals surface area contributed by atoms with Gasteiger partial charge in [-0.1, -0.05) is 0 Å². The van der Waals surface area contributed by atoms with E-state index in [4.69, 9.17) is 9.47 Å². The first-order chi connectivity index (χ1) is 11.7. The van der Waals surface area contributed by atoms with Gasteiger partial charge in [-0.2, -0.15) is 0 Å². The van der Waals surface area contributed by atoms with Gasteiger partial charge >= 0.3 is 0 Å². The summed E-state index contributed by atoms with van der Waals surface area (Å²) in [5, 5.41) is 4.00. The Labute approximate surface area is 140 Å². The number of nitrogens with one attached hydrogen (secondary N) is 1. The van der Waals surface area contributed by atoms with Gasteiger partial charge in [0, 0.05) is 42.9 Å². The van der Waals surface area contributed by atoms with Gasteiger partial charge in [0.25, 0.3) is 0 Å².